The zero-order chi connectivity index (χ0) is 17.0. The van der Waals surface area contributed by atoms with Crippen molar-refractivity contribution in [3.05, 3.63) is 29.8 Å². The second-order valence-electron chi connectivity index (χ2n) is 5.58. The molecule has 1 aliphatic rings. The Hall–Kier alpha value is -1.06. The van der Waals surface area contributed by atoms with Crippen LogP contribution in [0.3, 0.4) is 0 Å². The van der Waals surface area contributed by atoms with Gasteiger partial charge in [0.2, 0.25) is 0 Å². The maximum absolute atomic E-state index is 5.40. The maximum Gasteiger partial charge on any atom is 0.191 e. The SMILES string of the molecule is CCNC(=NCc1ccc(N2CCOCC2)cc1)NCCOCC.I. The summed E-state index contributed by atoms with van der Waals surface area (Å²) in [6, 6.07) is 8.65. The quantitative estimate of drug-likeness (QED) is 0.269. The first kappa shape index (κ1) is 22.0. The molecule has 1 aromatic rings. The first-order chi connectivity index (χ1) is 11.8. The Morgan fingerprint density at radius 2 is 1.88 bits per heavy atom. The molecule has 0 unspecified atom stereocenters. The van der Waals surface area contributed by atoms with Crippen LogP contribution in [0.5, 0.6) is 0 Å². The van der Waals surface area contributed by atoms with Gasteiger partial charge in [-0.25, -0.2) is 4.99 Å². The molecule has 2 rings (SSSR count). The standard InChI is InChI=1S/C18H30N4O2.HI/c1-3-19-18(20-9-12-23-4-2)21-15-16-5-7-17(8-6-16)22-10-13-24-14-11-22;/h5-8H,3-4,9-15H2,1-2H3,(H2,19,20,21);1H. The Kier molecular flexibility index (Phi) is 11.6. The van der Waals surface area contributed by atoms with E-state index < -0.39 is 0 Å². The fourth-order valence-electron chi connectivity index (χ4n) is 2.53. The van der Waals surface area contributed by atoms with E-state index in [9.17, 15) is 0 Å². The lowest BCUT2D eigenvalue weighted by Crippen LogP contribution is -2.39. The predicted octanol–water partition coefficient (Wildman–Crippen LogP) is 2.23. The first-order valence-electron chi connectivity index (χ1n) is 8.85. The molecule has 6 nitrogen and oxygen atoms in total. The van der Waals surface area contributed by atoms with Gasteiger partial charge in [-0.2, -0.15) is 0 Å². The highest BCUT2D eigenvalue weighted by molar-refractivity contribution is 14.0. The molecule has 0 saturated carbocycles. The van der Waals surface area contributed by atoms with E-state index >= 15 is 0 Å². The molecule has 0 aliphatic carbocycles. The Bertz CT molecular complexity index is 490. The van der Waals surface area contributed by atoms with Crippen molar-refractivity contribution in [2.75, 3.05) is 57.5 Å². The van der Waals surface area contributed by atoms with E-state index in [0.29, 0.717) is 13.2 Å². The molecule has 0 aromatic heterocycles. The van der Waals surface area contributed by atoms with Gasteiger partial charge in [0.15, 0.2) is 5.96 Å². The Balaban J connectivity index is 0.00000312. The van der Waals surface area contributed by atoms with E-state index in [1.54, 1.807) is 0 Å². The summed E-state index contributed by atoms with van der Waals surface area (Å²) in [4.78, 5) is 6.99. The number of anilines is 1. The van der Waals surface area contributed by atoms with Crippen LogP contribution in [-0.4, -0.2) is 58.6 Å². The summed E-state index contributed by atoms with van der Waals surface area (Å²) < 4.78 is 10.7. The second kappa shape index (κ2) is 13.2. The molecule has 0 spiro atoms. The lowest BCUT2D eigenvalue weighted by Gasteiger charge is -2.28. The number of guanidine groups is 1. The Morgan fingerprint density at radius 3 is 2.52 bits per heavy atom. The molecule has 2 N–H and O–H groups in total. The maximum atomic E-state index is 5.40. The van der Waals surface area contributed by atoms with E-state index in [1.807, 2.05) is 6.92 Å². The van der Waals surface area contributed by atoms with Crippen molar-refractivity contribution < 1.29 is 9.47 Å². The summed E-state index contributed by atoms with van der Waals surface area (Å²) in [7, 11) is 0. The van der Waals surface area contributed by atoms with E-state index in [4.69, 9.17) is 9.47 Å². The number of nitrogens with zero attached hydrogens (tertiary/aromatic N) is 2. The number of aliphatic imine (C=N–C) groups is 1. The molecule has 0 atom stereocenters. The molecule has 0 radical (unpaired) electrons. The molecule has 1 heterocycles. The van der Waals surface area contributed by atoms with Gasteiger partial charge in [-0.3, -0.25) is 0 Å². The van der Waals surface area contributed by atoms with Gasteiger partial charge in [-0.15, -0.1) is 24.0 Å². The smallest absolute Gasteiger partial charge is 0.191 e. The summed E-state index contributed by atoms with van der Waals surface area (Å²) in [5, 5.41) is 6.53. The lowest BCUT2D eigenvalue weighted by atomic mass is 10.2. The third kappa shape index (κ3) is 8.24. The highest BCUT2D eigenvalue weighted by Gasteiger charge is 2.10. The number of rotatable bonds is 8. The van der Waals surface area contributed by atoms with Crippen molar-refractivity contribution in [3.63, 3.8) is 0 Å². The van der Waals surface area contributed by atoms with Crippen molar-refractivity contribution >= 4 is 35.6 Å². The van der Waals surface area contributed by atoms with Crippen molar-refractivity contribution in [1.82, 2.24) is 10.6 Å². The summed E-state index contributed by atoms with van der Waals surface area (Å²) in [6.07, 6.45) is 0. The minimum Gasteiger partial charge on any atom is -0.380 e. The van der Waals surface area contributed by atoms with Crippen LogP contribution in [0.1, 0.15) is 19.4 Å². The van der Waals surface area contributed by atoms with Crippen LogP contribution in [0.2, 0.25) is 0 Å². The van der Waals surface area contributed by atoms with E-state index in [-0.39, 0.29) is 24.0 Å². The molecule has 0 amide bonds. The van der Waals surface area contributed by atoms with E-state index in [0.717, 1.165) is 52.0 Å². The molecular formula is C18H31IN4O2. The minimum absolute atomic E-state index is 0. The molecule has 1 fully saturated rings. The molecule has 7 heteroatoms. The van der Waals surface area contributed by atoms with Crippen molar-refractivity contribution in [2.24, 2.45) is 4.99 Å². The van der Waals surface area contributed by atoms with Gasteiger partial charge in [-0.05, 0) is 31.5 Å². The van der Waals surface area contributed by atoms with Crippen LogP contribution in [0.25, 0.3) is 0 Å². The number of morpholine rings is 1. The molecule has 25 heavy (non-hydrogen) atoms. The van der Waals surface area contributed by atoms with E-state index in [2.05, 4.69) is 51.7 Å². The summed E-state index contributed by atoms with van der Waals surface area (Å²) in [5.74, 6) is 0.828. The summed E-state index contributed by atoms with van der Waals surface area (Å²) in [6.45, 7) is 11.3. The number of benzene rings is 1. The molecule has 1 aromatic carbocycles. The van der Waals surface area contributed by atoms with Crippen molar-refractivity contribution in [3.8, 4) is 0 Å². The zero-order valence-corrected chi connectivity index (χ0v) is 17.6. The topological polar surface area (TPSA) is 58.1 Å². The third-order valence-corrected chi connectivity index (χ3v) is 3.82. The summed E-state index contributed by atoms with van der Waals surface area (Å²) in [5.41, 5.74) is 2.46. The average molecular weight is 462 g/mol. The fourth-order valence-corrected chi connectivity index (χ4v) is 2.53. The molecule has 0 bridgehead atoms. The van der Waals surface area contributed by atoms with Crippen molar-refractivity contribution in [2.45, 2.75) is 20.4 Å². The first-order valence-corrected chi connectivity index (χ1v) is 8.85. The van der Waals surface area contributed by atoms with Crippen LogP contribution in [-0.2, 0) is 16.0 Å². The Labute approximate surface area is 168 Å². The minimum atomic E-state index is 0. The van der Waals surface area contributed by atoms with Crippen LogP contribution in [0.15, 0.2) is 29.3 Å². The van der Waals surface area contributed by atoms with Crippen molar-refractivity contribution in [1.29, 1.82) is 0 Å². The van der Waals surface area contributed by atoms with Gasteiger partial charge in [0.1, 0.15) is 0 Å². The normalized spacial score (nSPS) is 14.8. The number of hydrogen-bond acceptors (Lipinski definition) is 4. The van der Waals surface area contributed by atoms with Gasteiger partial charge in [0.05, 0.1) is 26.4 Å². The molecule has 1 aliphatic heterocycles. The van der Waals surface area contributed by atoms with Gasteiger partial charge in [0.25, 0.3) is 0 Å². The monoisotopic (exact) mass is 462 g/mol. The highest BCUT2D eigenvalue weighted by atomic mass is 127. The van der Waals surface area contributed by atoms with Crippen LogP contribution in [0.4, 0.5) is 5.69 Å². The van der Waals surface area contributed by atoms with Crippen LogP contribution in [0, 0.1) is 0 Å². The lowest BCUT2D eigenvalue weighted by molar-refractivity contribution is 0.122. The fraction of sp³-hybridized carbons (Fsp3) is 0.611. The van der Waals surface area contributed by atoms with Crippen LogP contribution < -0.4 is 15.5 Å². The molecule has 142 valence electrons. The zero-order valence-electron chi connectivity index (χ0n) is 15.3. The van der Waals surface area contributed by atoms with Gasteiger partial charge in [-0.1, -0.05) is 12.1 Å². The molecule has 1 saturated heterocycles. The van der Waals surface area contributed by atoms with Gasteiger partial charge >= 0.3 is 0 Å². The Morgan fingerprint density at radius 1 is 1.16 bits per heavy atom. The average Bonchev–Trinajstić information content (AvgIpc) is 2.64. The van der Waals surface area contributed by atoms with Gasteiger partial charge < -0.3 is 25.0 Å². The summed E-state index contributed by atoms with van der Waals surface area (Å²) >= 11 is 0. The van der Waals surface area contributed by atoms with E-state index in [1.165, 1.54) is 11.3 Å². The molecular weight excluding hydrogens is 431 g/mol. The number of hydrogen-bond donors (Lipinski definition) is 2. The number of halogens is 1. The van der Waals surface area contributed by atoms with Gasteiger partial charge in [0, 0.05) is 38.5 Å². The second-order valence-corrected chi connectivity index (χ2v) is 5.58. The van der Waals surface area contributed by atoms with Crippen LogP contribution >= 0.6 is 24.0 Å². The highest BCUT2D eigenvalue weighted by Crippen LogP contribution is 2.17. The third-order valence-electron chi connectivity index (χ3n) is 3.82. The number of ether oxygens (including phenoxy) is 2. The number of nitrogens with one attached hydrogen (secondary N) is 2. The predicted molar refractivity (Wildman–Crippen MR) is 114 cm³/mol. The largest absolute Gasteiger partial charge is 0.380 e.